The van der Waals surface area contributed by atoms with Gasteiger partial charge in [-0.1, -0.05) is 15.9 Å². The number of hydrogen-bond acceptors (Lipinski definition) is 2. The summed E-state index contributed by atoms with van der Waals surface area (Å²) in [4.78, 5) is 0. The van der Waals surface area contributed by atoms with Crippen molar-refractivity contribution in [2.45, 2.75) is 0 Å². The molecule has 11 heavy (non-hydrogen) atoms. The van der Waals surface area contributed by atoms with Gasteiger partial charge in [-0.05, 0) is 12.1 Å². The maximum atomic E-state index is 12.6. The lowest BCUT2D eigenvalue weighted by Gasteiger charge is -2.02. The van der Waals surface area contributed by atoms with Gasteiger partial charge in [-0.3, -0.25) is 5.84 Å². The van der Waals surface area contributed by atoms with Crippen LogP contribution in [0.1, 0.15) is 0 Å². The predicted molar refractivity (Wildman–Crippen MR) is 41.9 cm³/mol. The van der Waals surface area contributed by atoms with Gasteiger partial charge in [0.1, 0.15) is 0 Å². The first-order valence-corrected chi connectivity index (χ1v) is 3.55. The summed E-state index contributed by atoms with van der Waals surface area (Å²) in [5.41, 5.74) is 1.96. The Bertz CT molecular complexity index is 278. The van der Waals surface area contributed by atoms with Gasteiger partial charge in [0.25, 0.3) is 0 Å². The van der Waals surface area contributed by atoms with E-state index in [1.165, 1.54) is 6.07 Å². The average molecular weight is 223 g/mol. The molecule has 1 rings (SSSR count). The molecule has 0 aromatic heterocycles. The van der Waals surface area contributed by atoms with Gasteiger partial charge in [0.15, 0.2) is 11.6 Å². The minimum Gasteiger partial charge on any atom is -0.321 e. The van der Waals surface area contributed by atoms with E-state index < -0.39 is 11.6 Å². The average Bonchev–Trinajstić information content (AvgIpc) is 1.96. The Morgan fingerprint density at radius 3 is 2.55 bits per heavy atom. The van der Waals surface area contributed by atoms with Crippen molar-refractivity contribution in [3.63, 3.8) is 0 Å². The summed E-state index contributed by atoms with van der Waals surface area (Å²) < 4.78 is 25.6. The quantitative estimate of drug-likeness (QED) is 0.434. The molecule has 1 aromatic carbocycles. The number of nitrogens with two attached hydrogens (primary N) is 1. The zero-order valence-corrected chi connectivity index (χ0v) is 6.95. The number of hydrazine groups is 1. The number of rotatable bonds is 1. The summed E-state index contributed by atoms with van der Waals surface area (Å²) in [7, 11) is 0. The largest absolute Gasteiger partial charge is 0.321 e. The van der Waals surface area contributed by atoms with Crippen molar-refractivity contribution in [1.82, 2.24) is 0 Å². The highest BCUT2D eigenvalue weighted by molar-refractivity contribution is 9.10. The third-order valence-corrected chi connectivity index (χ3v) is 1.61. The Morgan fingerprint density at radius 2 is 2.00 bits per heavy atom. The van der Waals surface area contributed by atoms with E-state index in [9.17, 15) is 8.78 Å². The lowest BCUT2D eigenvalue weighted by Crippen LogP contribution is -2.09. The molecule has 0 aliphatic heterocycles. The fourth-order valence-electron chi connectivity index (χ4n) is 0.661. The second-order valence-corrected chi connectivity index (χ2v) is 2.81. The molecule has 0 saturated carbocycles. The number of halogens is 3. The van der Waals surface area contributed by atoms with E-state index in [1.54, 1.807) is 0 Å². The van der Waals surface area contributed by atoms with Crippen LogP contribution in [0.15, 0.2) is 16.6 Å². The van der Waals surface area contributed by atoms with Gasteiger partial charge in [-0.2, -0.15) is 0 Å². The van der Waals surface area contributed by atoms with Crippen LogP contribution in [0.2, 0.25) is 0 Å². The van der Waals surface area contributed by atoms with E-state index in [-0.39, 0.29) is 5.69 Å². The molecule has 0 amide bonds. The molecule has 5 heteroatoms. The van der Waals surface area contributed by atoms with Crippen LogP contribution in [-0.4, -0.2) is 0 Å². The first-order valence-electron chi connectivity index (χ1n) is 2.76. The van der Waals surface area contributed by atoms with Gasteiger partial charge >= 0.3 is 0 Å². The summed E-state index contributed by atoms with van der Waals surface area (Å²) in [6, 6.07) is 2.37. The Morgan fingerprint density at radius 1 is 1.36 bits per heavy atom. The van der Waals surface area contributed by atoms with E-state index >= 15 is 0 Å². The van der Waals surface area contributed by atoms with Crippen LogP contribution in [0.25, 0.3) is 0 Å². The van der Waals surface area contributed by atoms with Crippen LogP contribution in [-0.2, 0) is 0 Å². The van der Waals surface area contributed by atoms with Gasteiger partial charge in [0, 0.05) is 4.47 Å². The highest BCUT2D eigenvalue weighted by atomic mass is 79.9. The molecule has 0 saturated heterocycles. The first kappa shape index (κ1) is 8.42. The van der Waals surface area contributed by atoms with Crippen molar-refractivity contribution in [2.75, 3.05) is 5.43 Å². The lowest BCUT2D eigenvalue weighted by atomic mass is 10.3. The Balaban J connectivity index is 3.24. The van der Waals surface area contributed by atoms with Gasteiger partial charge in [-0.15, -0.1) is 0 Å². The van der Waals surface area contributed by atoms with E-state index in [2.05, 4.69) is 15.9 Å². The zero-order valence-electron chi connectivity index (χ0n) is 5.37. The van der Waals surface area contributed by atoms with Gasteiger partial charge < -0.3 is 5.43 Å². The summed E-state index contributed by atoms with van der Waals surface area (Å²) in [5, 5.41) is 0. The molecule has 1 aromatic rings. The highest BCUT2D eigenvalue weighted by Gasteiger charge is 2.07. The minimum absolute atomic E-state index is 0.0723. The summed E-state index contributed by atoms with van der Waals surface area (Å²) in [6.07, 6.45) is 0. The third-order valence-electron chi connectivity index (χ3n) is 1.15. The Kier molecular flexibility index (Phi) is 2.41. The molecule has 0 heterocycles. The lowest BCUT2D eigenvalue weighted by molar-refractivity contribution is 0.510. The van der Waals surface area contributed by atoms with Crippen LogP contribution >= 0.6 is 15.9 Å². The fourth-order valence-corrected chi connectivity index (χ4v) is 1.09. The van der Waals surface area contributed by atoms with Gasteiger partial charge in [0.2, 0.25) is 0 Å². The van der Waals surface area contributed by atoms with Crippen LogP contribution in [0.4, 0.5) is 14.5 Å². The van der Waals surface area contributed by atoms with Crippen molar-refractivity contribution in [1.29, 1.82) is 0 Å². The number of nitrogens with one attached hydrogen (secondary N) is 1. The molecule has 2 nitrogen and oxygen atoms in total. The Labute approximate surface area is 70.5 Å². The molecule has 0 unspecified atom stereocenters. The first-order chi connectivity index (χ1) is 5.15. The second kappa shape index (κ2) is 3.15. The number of nitrogen functional groups attached to an aromatic ring is 1. The smallest absolute Gasteiger partial charge is 0.183 e. The molecular formula is C6H5BrF2N2. The number of anilines is 1. The topological polar surface area (TPSA) is 38.0 Å². The fraction of sp³-hybridized carbons (Fsp3) is 0. The van der Waals surface area contributed by atoms with Crippen molar-refractivity contribution < 1.29 is 8.78 Å². The van der Waals surface area contributed by atoms with Crippen LogP contribution in [0.3, 0.4) is 0 Å². The summed E-state index contributed by atoms with van der Waals surface area (Å²) in [6.45, 7) is 0. The molecule has 0 radical (unpaired) electrons. The SMILES string of the molecule is NNc1cc(Br)cc(F)c1F. The molecule has 60 valence electrons. The predicted octanol–water partition coefficient (Wildman–Crippen LogP) is 2.01. The maximum Gasteiger partial charge on any atom is 0.183 e. The van der Waals surface area contributed by atoms with Crippen molar-refractivity contribution in [3.8, 4) is 0 Å². The van der Waals surface area contributed by atoms with E-state index in [0.717, 1.165) is 6.07 Å². The zero-order chi connectivity index (χ0) is 8.43. The molecular weight excluding hydrogens is 218 g/mol. The Hall–Kier alpha value is -0.680. The molecule has 3 N–H and O–H groups in total. The normalized spacial score (nSPS) is 9.82. The van der Waals surface area contributed by atoms with Crippen molar-refractivity contribution >= 4 is 21.6 Å². The maximum absolute atomic E-state index is 12.6. The summed E-state index contributed by atoms with van der Waals surface area (Å²) in [5.74, 6) is 3.00. The molecule has 0 aliphatic rings. The molecule has 0 aliphatic carbocycles. The third kappa shape index (κ3) is 1.66. The van der Waals surface area contributed by atoms with Gasteiger partial charge in [0.05, 0.1) is 5.69 Å². The number of benzene rings is 1. The van der Waals surface area contributed by atoms with E-state index in [1.807, 2.05) is 5.43 Å². The summed E-state index contributed by atoms with van der Waals surface area (Å²) >= 11 is 2.99. The van der Waals surface area contributed by atoms with Crippen molar-refractivity contribution in [2.24, 2.45) is 5.84 Å². The van der Waals surface area contributed by atoms with Crippen molar-refractivity contribution in [3.05, 3.63) is 28.2 Å². The molecule has 0 atom stereocenters. The second-order valence-electron chi connectivity index (χ2n) is 1.89. The van der Waals surface area contributed by atoms with E-state index in [0.29, 0.717) is 4.47 Å². The highest BCUT2D eigenvalue weighted by Crippen LogP contribution is 2.22. The minimum atomic E-state index is -0.976. The monoisotopic (exact) mass is 222 g/mol. The number of hydrogen-bond donors (Lipinski definition) is 2. The van der Waals surface area contributed by atoms with Gasteiger partial charge in [-0.25, -0.2) is 8.78 Å². The van der Waals surface area contributed by atoms with E-state index in [4.69, 9.17) is 5.84 Å². The molecule has 0 bridgehead atoms. The van der Waals surface area contributed by atoms with Crippen LogP contribution < -0.4 is 11.3 Å². The molecule has 0 spiro atoms. The van der Waals surface area contributed by atoms with Crippen LogP contribution in [0, 0.1) is 11.6 Å². The van der Waals surface area contributed by atoms with Crippen LogP contribution in [0.5, 0.6) is 0 Å². The molecule has 0 fully saturated rings. The standard InChI is InChI=1S/C6H5BrF2N2/c7-3-1-4(8)6(9)5(2-3)11-10/h1-2,11H,10H2.